The van der Waals surface area contributed by atoms with Crippen LogP contribution in [0.2, 0.25) is 0 Å². The van der Waals surface area contributed by atoms with Crippen LogP contribution in [0.15, 0.2) is 0 Å². The summed E-state index contributed by atoms with van der Waals surface area (Å²) >= 11 is 0. The maximum absolute atomic E-state index is 11.5. The molecule has 0 atom stereocenters. The van der Waals surface area contributed by atoms with E-state index in [-0.39, 0.29) is 11.9 Å². The Morgan fingerprint density at radius 1 is 0.524 bits per heavy atom. The standard InChI is InChI=1S/C18H35NO4.C16H33NO2/c1-2-3-4-5-6-7-8-9-13-16-23-17(20)14-11-10-12-15-19-18(21)22;1-2-3-4-5-6-7-8-9-12-15-19-16(18)13-10-11-14-17/h19H,2-16H2,1H3,(H,21,22);2-15,17H2,1H3. The van der Waals surface area contributed by atoms with Crippen molar-refractivity contribution in [2.45, 2.75) is 174 Å². The molecule has 250 valence electrons. The number of esters is 2. The minimum Gasteiger partial charge on any atom is -0.466 e. The van der Waals surface area contributed by atoms with Crippen molar-refractivity contribution in [3.05, 3.63) is 0 Å². The summed E-state index contributed by atoms with van der Waals surface area (Å²) in [7, 11) is 0. The number of carbonyl (C=O) groups excluding carboxylic acids is 2. The molecule has 42 heavy (non-hydrogen) atoms. The average molecular weight is 601 g/mol. The van der Waals surface area contributed by atoms with Crippen LogP contribution in [0.1, 0.15) is 174 Å². The molecule has 0 fully saturated rings. The summed E-state index contributed by atoms with van der Waals surface area (Å²) in [6.45, 7) is 6.72. The van der Waals surface area contributed by atoms with Gasteiger partial charge in [0.1, 0.15) is 0 Å². The van der Waals surface area contributed by atoms with Crippen molar-refractivity contribution in [2.75, 3.05) is 26.3 Å². The Bertz CT molecular complexity index is 588. The van der Waals surface area contributed by atoms with Gasteiger partial charge in [0, 0.05) is 19.4 Å². The van der Waals surface area contributed by atoms with Crippen molar-refractivity contribution in [2.24, 2.45) is 5.73 Å². The number of nitrogens with one attached hydrogen (secondary N) is 1. The van der Waals surface area contributed by atoms with Gasteiger partial charge in [0.15, 0.2) is 0 Å². The van der Waals surface area contributed by atoms with E-state index in [2.05, 4.69) is 19.2 Å². The Labute approximate surface area is 258 Å². The van der Waals surface area contributed by atoms with E-state index in [1.54, 1.807) is 0 Å². The number of hydrogen-bond acceptors (Lipinski definition) is 6. The van der Waals surface area contributed by atoms with E-state index in [1.165, 1.54) is 96.3 Å². The van der Waals surface area contributed by atoms with E-state index in [0.717, 1.165) is 51.4 Å². The maximum Gasteiger partial charge on any atom is 0.404 e. The lowest BCUT2D eigenvalue weighted by molar-refractivity contribution is -0.144. The molecule has 0 heterocycles. The van der Waals surface area contributed by atoms with Gasteiger partial charge in [-0.15, -0.1) is 0 Å². The first-order chi connectivity index (χ1) is 20.5. The average Bonchev–Trinajstić information content (AvgIpc) is 2.97. The third kappa shape index (κ3) is 40.3. The fraction of sp³-hybridized carbons (Fsp3) is 0.912. The zero-order valence-electron chi connectivity index (χ0n) is 27.6. The van der Waals surface area contributed by atoms with E-state index in [0.29, 0.717) is 39.1 Å². The third-order valence-electron chi connectivity index (χ3n) is 7.19. The Kier molecular flexibility index (Phi) is 37.5. The van der Waals surface area contributed by atoms with Gasteiger partial charge in [-0.05, 0) is 45.1 Å². The molecule has 0 spiro atoms. The predicted molar refractivity (Wildman–Crippen MR) is 174 cm³/mol. The van der Waals surface area contributed by atoms with Crippen LogP contribution < -0.4 is 11.1 Å². The van der Waals surface area contributed by atoms with Crippen LogP contribution in [-0.2, 0) is 19.1 Å². The molecule has 0 aliphatic carbocycles. The van der Waals surface area contributed by atoms with Gasteiger partial charge >= 0.3 is 18.0 Å². The van der Waals surface area contributed by atoms with Gasteiger partial charge in [0.25, 0.3) is 0 Å². The molecule has 0 saturated carbocycles. The minimum absolute atomic E-state index is 0.0620. The topological polar surface area (TPSA) is 128 Å². The van der Waals surface area contributed by atoms with Crippen LogP contribution in [0.3, 0.4) is 0 Å². The molecule has 8 heteroatoms. The van der Waals surface area contributed by atoms with Crippen LogP contribution >= 0.6 is 0 Å². The molecule has 0 unspecified atom stereocenters. The molecule has 0 aliphatic heterocycles. The number of nitrogens with two attached hydrogens (primary N) is 1. The van der Waals surface area contributed by atoms with Gasteiger partial charge in [-0.1, -0.05) is 123 Å². The maximum atomic E-state index is 11.5. The van der Waals surface area contributed by atoms with E-state index < -0.39 is 6.09 Å². The minimum atomic E-state index is -0.995. The van der Waals surface area contributed by atoms with Crippen LogP contribution in [0.5, 0.6) is 0 Å². The van der Waals surface area contributed by atoms with Crippen molar-refractivity contribution >= 4 is 18.0 Å². The highest BCUT2D eigenvalue weighted by Crippen LogP contribution is 2.11. The molecule has 0 aliphatic rings. The first-order valence-electron chi connectivity index (χ1n) is 17.5. The number of carbonyl (C=O) groups is 3. The molecule has 0 rings (SSSR count). The van der Waals surface area contributed by atoms with Crippen LogP contribution in [0.4, 0.5) is 4.79 Å². The molecule has 8 nitrogen and oxygen atoms in total. The van der Waals surface area contributed by atoms with Gasteiger partial charge < -0.3 is 25.6 Å². The summed E-state index contributed by atoms with van der Waals surface area (Å²) in [5.41, 5.74) is 5.37. The number of unbranched alkanes of at least 4 members (excludes halogenated alkanes) is 19. The quantitative estimate of drug-likeness (QED) is 0.0554. The molecule has 0 aromatic carbocycles. The molecule has 1 amide bonds. The highest BCUT2D eigenvalue weighted by Gasteiger charge is 2.03. The Hall–Kier alpha value is -1.83. The highest BCUT2D eigenvalue weighted by molar-refractivity contribution is 5.69. The summed E-state index contributed by atoms with van der Waals surface area (Å²) in [4.78, 5) is 33.0. The fourth-order valence-electron chi connectivity index (χ4n) is 4.52. The Balaban J connectivity index is 0. The molecule has 0 aromatic rings. The van der Waals surface area contributed by atoms with E-state index in [9.17, 15) is 14.4 Å². The molecule has 0 radical (unpaired) electrons. The summed E-state index contributed by atoms with van der Waals surface area (Å²) in [6, 6.07) is 0. The van der Waals surface area contributed by atoms with Gasteiger partial charge in [-0.25, -0.2) is 4.79 Å². The lowest BCUT2D eigenvalue weighted by Gasteiger charge is -2.05. The lowest BCUT2D eigenvalue weighted by Crippen LogP contribution is -2.21. The van der Waals surface area contributed by atoms with Crippen LogP contribution in [-0.4, -0.2) is 49.4 Å². The number of amides is 1. The number of rotatable bonds is 30. The predicted octanol–water partition coefficient (Wildman–Crippen LogP) is 9.08. The highest BCUT2D eigenvalue weighted by atomic mass is 16.5. The van der Waals surface area contributed by atoms with Crippen molar-refractivity contribution in [1.82, 2.24) is 5.32 Å². The molecular formula is C34H68N2O6. The normalized spacial score (nSPS) is 10.5. The summed E-state index contributed by atoms with van der Waals surface area (Å²) in [5, 5.41) is 10.7. The second-order valence-electron chi connectivity index (χ2n) is 11.4. The van der Waals surface area contributed by atoms with E-state index >= 15 is 0 Å². The van der Waals surface area contributed by atoms with Crippen molar-refractivity contribution < 1.29 is 29.0 Å². The molecular weight excluding hydrogens is 532 g/mol. The number of carboxylic acid groups (broad SMARTS) is 1. The second-order valence-corrected chi connectivity index (χ2v) is 11.4. The van der Waals surface area contributed by atoms with Gasteiger partial charge in [0.05, 0.1) is 13.2 Å². The number of hydrogen-bond donors (Lipinski definition) is 3. The zero-order valence-corrected chi connectivity index (χ0v) is 27.6. The molecule has 0 aromatic heterocycles. The molecule has 0 bridgehead atoms. The fourth-order valence-corrected chi connectivity index (χ4v) is 4.52. The van der Waals surface area contributed by atoms with Crippen molar-refractivity contribution in [3.63, 3.8) is 0 Å². The van der Waals surface area contributed by atoms with Gasteiger partial charge in [0.2, 0.25) is 0 Å². The van der Waals surface area contributed by atoms with Gasteiger partial charge in [-0.2, -0.15) is 0 Å². The first kappa shape index (κ1) is 42.3. The Morgan fingerprint density at radius 2 is 0.881 bits per heavy atom. The van der Waals surface area contributed by atoms with E-state index in [4.69, 9.17) is 20.3 Å². The third-order valence-corrected chi connectivity index (χ3v) is 7.19. The molecule has 4 N–H and O–H groups in total. The van der Waals surface area contributed by atoms with Gasteiger partial charge in [-0.3, -0.25) is 9.59 Å². The largest absolute Gasteiger partial charge is 0.466 e. The summed E-state index contributed by atoms with van der Waals surface area (Å²) in [6.07, 6.45) is 27.0. The lowest BCUT2D eigenvalue weighted by atomic mass is 10.1. The van der Waals surface area contributed by atoms with Crippen molar-refractivity contribution in [1.29, 1.82) is 0 Å². The first-order valence-corrected chi connectivity index (χ1v) is 17.5. The Morgan fingerprint density at radius 3 is 1.26 bits per heavy atom. The van der Waals surface area contributed by atoms with Crippen molar-refractivity contribution in [3.8, 4) is 0 Å². The zero-order chi connectivity index (χ0) is 31.4. The monoisotopic (exact) mass is 601 g/mol. The summed E-state index contributed by atoms with van der Waals surface area (Å²) in [5.74, 6) is -0.191. The molecule has 0 saturated heterocycles. The second kappa shape index (κ2) is 37.2. The number of ether oxygens (including phenoxy) is 2. The van der Waals surface area contributed by atoms with Crippen LogP contribution in [0, 0.1) is 0 Å². The summed E-state index contributed by atoms with van der Waals surface area (Å²) < 4.78 is 10.4. The smallest absolute Gasteiger partial charge is 0.404 e. The van der Waals surface area contributed by atoms with Crippen LogP contribution in [0.25, 0.3) is 0 Å². The van der Waals surface area contributed by atoms with E-state index in [1.807, 2.05) is 0 Å². The SMILES string of the molecule is CCCCCCCCCCCOC(=O)CCCCCNC(=O)O.CCCCCCCCCCCOC(=O)CCCCN.